The maximum Gasteiger partial charge on any atom is 0.239 e. The Kier molecular flexibility index (Phi) is 13.2. The maximum absolute atomic E-state index is 19.1. The molecule has 0 aliphatic carbocycles. The van der Waals surface area contributed by atoms with Crippen molar-refractivity contribution in [2.45, 2.75) is 55.4 Å². The number of carbonyl (C=O) groups is 1. The minimum Gasteiger partial charge on any atom is -0.348 e. The number of hydrogen-bond donors (Lipinski definition) is 2. The molecule has 1 aliphatic rings. The van der Waals surface area contributed by atoms with Gasteiger partial charge in [-0.25, -0.2) is 9.97 Å². The first kappa shape index (κ1) is 51.3. The van der Waals surface area contributed by atoms with Crippen molar-refractivity contribution in [3.8, 4) is 17.2 Å². The van der Waals surface area contributed by atoms with Gasteiger partial charge in [-0.2, -0.15) is 5.26 Å². The van der Waals surface area contributed by atoms with Gasteiger partial charge in [0.25, 0.3) is 0 Å². The van der Waals surface area contributed by atoms with Gasteiger partial charge in [0.05, 0.1) is 64.2 Å². The largest absolute Gasteiger partial charge is 0.348 e. The first-order valence-electron chi connectivity index (χ1n) is 28.1. The van der Waals surface area contributed by atoms with Gasteiger partial charge in [-0.15, -0.1) is 0 Å². The molecule has 0 spiro atoms. The number of imidazole rings is 2. The fourth-order valence-electron chi connectivity index (χ4n) is 14.4. The van der Waals surface area contributed by atoms with Crippen LogP contribution in [0.5, 0.6) is 0 Å². The third-order valence-electron chi connectivity index (χ3n) is 17.7. The normalized spacial score (nSPS) is 15.0. The molecule has 7 heteroatoms. The van der Waals surface area contributed by atoms with Gasteiger partial charge in [0.15, 0.2) is 0 Å². The van der Waals surface area contributed by atoms with Crippen LogP contribution in [-0.4, -0.2) is 25.8 Å². The lowest BCUT2D eigenvalue weighted by Gasteiger charge is -2.57. The van der Waals surface area contributed by atoms with E-state index in [-0.39, 0.29) is 12.5 Å². The number of rotatable bonds is 15. The zero-order chi connectivity index (χ0) is 55.8. The molecule has 0 saturated heterocycles. The van der Waals surface area contributed by atoms with Gasteiger partial charge in [-0.3, -0.25) is 4.79 Å². The van der Waals surface area contributed by atoms with Crippen LogP contribution in [0, 0.1) is 32.1 Å². The Bertz CT molecular complexity index is 3900. The van der Waals surface area contributed by atoms with Gasteiger partial charge in [0, 0.05) is 23.2 Å². The molecule has 7 nitrogen and oxygen atoms in total. The lowest BCUT2D eigenvalue weighted by atomic mass is 9.42. The highest BCUT2D eigenvalue weighted by atomic mass is 16.2. The number of nitrogens with one attached hydrogen (secondary N) is 2. The molecule has 0 bridgehead atoms. The van der Waals surface area contributed by atoms with E-state index < -0.39 is 28.1 Å². The van der Waals surface area contributed by atoms with E-state index in [1.807, 2.05) is 24.3 Å². The molecule has 3 heterocycles. The van der Waals surface area contributed by atoms with Gasteiger partial charge in [-0.1, -0.05) is 249 Å². The summed E-state index contributed by atoms with van der Waals surface area (Å²) in [7, 11) is 0. The summed E-state index contributed by atoms with van der Waals surface area (Å²) in [6.45, 7) is 6.63. The predicted molar refractivity (Wildman–Crippen MR) is 329 cm³/mol. The summed E-state index contributed by atoms with van der Waals surface area (Å²) in [5.41, 5.74) is 11.2. The molecule has 2 unspecified atom stereocenters. The number of H-pyrrole nitrogens is 2. The minimum absolute atomic E-state index is 0.0883. The summed E-state index contributed by atoms with van der Waals surface area (Å²) in [6, 6.07) is 94.3. The van der Waals surface area contributed by atoms with Crippen LogP contribution >= 0.6 is 0 Å². The van der Waals surface area contributed by atoms with E-state index in [1.54, 1.807) is 12.7 Å². The Morgan fingerprint density at radius 2 is 0.890 bits per heavy atom. The van der Waals surface area contributed by atoms with E-state index in [0.717, 1.165) is 100 Å². The van der Waals surface area contributed by atoms with Crippen LogP contribution in [0.15, 0.2) is 274 Å². The van der Waals surface area contributed by atoms with Crippen molar-refractivity contribution in [2.24, 2.45) is 0 Å². The number of benzene rings is 10. The van der Waals surface area contributed by atoms with Crippen LogP contribution in [0.3, 0.4) is 0 Å². The molecular weight excluding hydrogens is 1000 g/mol. The van der Waals surface area contributed by atoms with Crippen molar-refractivity contribution in [1.29, 1.82) is 5.26 Å². The molecule has 2 aromatic heterocycles. The standard InChI is InChI=1S/C75H60N6O/c1-51-64(56-43-41-54(47-76)42-44-56)45-46-66-69(51)81(48-57-27-24-26-55-25-22-23-40-65(55)57)72(82)75(66,70(67-52(2)77-49-79-67)73(58-28-10-4-11-29-58,59-30-12-5-13-31-59)60-32-14-6-15-33-60)71(68-53(3)78-50-80-68)74(61-34-16-7-17-35-61,62-36-18-8-19-37-62)63-38-20-9-21-39-63/h4-46,49-50,70-71H,48H2,1-3H3,(H,77,79)(H,78,80). The van der Waals surface area contributed by atoms with Crippen molar-refractivity contribution in [3.63, 3.8) is 0 Å². The lowest BCUT2D eigenvalue weighted by molar-refractivity contribution is -0.126. The number of amides is 1. The van der Waals surface area contributed by atoms with E-state index >= 15 is 4.79 Å². The third kappa shape index (κ3) is 7.97. The molecule has 82 heavy (non-hydrogen) atoms. The van der Waals surface area contributed by atoms with E-state index in [1.165, 1.54) is 0 Å². The average molecular weight is 1060 g/mol. The molecule has 1 amide bonds. The maximum atomic E-state index is 19.1. The molecule has 2 atom stereocenters. The molecule has 0 radical (unpaired) electrons. The summed E-state index contributed by atoms with van der Waals surface area (Å²) in [5, 5.41) is 12.2. The molecular formula is C75H60N6O. The second-order valence-electron chi connectivity index (χ2n) is 21.7. The first-order chi connectivity index (χ1) is 40.3. The van der Waals surface area contributed by atoms with Gasteiger partial charge in [0.1, 0.15) is 0 Å². The van der Waals surface area contributed by atoms with E-state index in [9.17, 15) is 5.26 Å². The van der Waals surface area contributed by atoms with Crippen molar-refractivity contribution in [3.05, 3.63) is 352 Å². The SMILES string of the molecule is Cc1[nH]cnc1C(C(c1ccccc1)(c1ccccc1)c1ccccc1)C1(C(c2nc[nH]c2C)C(c2ccccc2)(c2ccccc2)c2ccccc2)C(=O)N(Cc2cccc3ccccc23)c2c1ccc(-c1ccc(C#N)cc1)c2C. The highest BCUT2D eigenvalue weighted by molar-refractivity contribution is 6.12. The minimum atomic E-state index is -1.68. The highest BCUT2D eigenvalue weighted by Crippen LogP contribution is 2.71. The number of anilines is 1. The number of aromatic nitrogens is 4. The Morgan fingerprint density at radius 3 is 1.29 bits per heavy atom. The smallest absolute Gasteiger partial charge is 0.239 e. The van der Waals surface area contributed by atoms with Crippen LogP contribution in [0.4, 0.5) is 5.69 Å². The molecule has 0 fully saturated rings. The Balaban J connectivity index is 1.32. The number of nitrogens with zero attached hydrogens (tertiary/aromatic N) is 4. The average Bonchev–Trinajstić information content (AvgIpc) is 1.42. The van der Waals surface area contributed by atoms with Crippen molar-refractivity contribution >= 4 is 22.4 Å². The van der Waals surface area contributed by atoms with E-state index in [2.05, 4.69) is 278 Å². The quantitative estimate of drug-likeness (QED) is 0.0999. The second-order valence-corrected chi connectivity index (χ2v) is 21.7. The first-order valence-corrected chi connectivity index (χ1v) is 28.1. The molecule has 2 N–H and O–H groups in total. The second kappa shape index (κ2) is 21.1. The summed E-state index contributed by atoms with van der Waals surface area (Å²) in [6.07, 6.45) is 3.61. The van der Waals surface area contributed by atoms with Crippen LogP contribution in [0.1, 0.15) is 90.2 Å². The Labute approximate surface area is 479 Å². The number of fused-ring (bicyclic) bond motifs is 2. The zero-order valence-corrected chi connectivity index (χ0v) is 46.0. The van der Waals surface area contributed by atoms with Crippen LogP contribution in [-0.2, 0) is 27.6 Å². The van der Waals surface area contributed by atoms with Gasteiger partial charge in [0.2, 0.25) is 5.91 Å². The highest BCUT2D eigenvalue weighted by Gasteiger charge is 2.72. The molecule has 13 rings (SSSR count). The number of aromatic amines is 2. The lowest BCUT2D eigenvalue weighted by Crippen LogP contribution is -2.60. The Hall–Kier alpha value is -10.2. The topological polar surface area (TPSA) is 101 Å². The van der Waals surface area contributed by atoms with E-state index in [4.69, 9.17) is 9.97 Å². The van der Waals surface area contributed by atoms with Gasteiger partial charge < -0.3 is 14.9 Å². The fourth-order valence-corrected chi connectivity index (χ4v) is 14.4. The molecule has 10 aromatic carbocycles. The van der Waals surface area contributed by atoms with Crippen molar-refractivity contribution in [1.82, 2.24) is 19.9 Å². The fraction of sp³-hybridized carbons (Fsp3) is 0.120. The molecule has 396 valence electrons. The van der Waals surface area contributed by atoms with Gasteiger partial charge in [-0.05, 0) is 105 Å². The number of carbonyl (C=O) groups excluding carboxylic acids is 1. The Morgan fingerprint density at radius 1 is 0.488 bits per heavy atom. The van der Waals surface area contributed by atoms with Crippen LogP contribution < -0.4 is 4.90 Å². The van der Waals surface area contributed by atoms with Crippen LogP contribution in [0.2, 0.25) is 0 Å². The molecule has 12 aromatic rings. The third-order valence-corrected chi connectivity index (χ3v) is 17.7. The van der Waals surface area contributed by atoms with Crippen molar-refractivity contribution in [2.75, 3.05) is 4.90 Å². The predicted octanol–water partition coefficient (Wildman–Crippen LogP) is 16.2. The van der Waals surface area contributed by atoms with Gasteiger partial charge >= 0.3 is 0 Å². The number of hydrogen-bond acceptors (Lipinski definition) is 4. The summed E-state index contributed by atoms with van der Waals surface area (Å²) < 4.78 is 0. The van der Waals surface area contributed by atoms with Crippen LogP contribution in [0.25, 0.3) is 21.9 Å². The monoisotopic (exact) mass is 1060 g/mol. The van der Waals surface area contributed by atoms with Crippen molar-refractivity contribution < 1.29 is 4.79 Å². The summed E-state index contributed by atoms with van der Waals surface area (Å²) in [4.78, 5) is 39.7. The zero-order valence-electron chi connectivity index (χ0n) is 46.0. The molecule has 1 aliphatic heterocycles. The number of nitriles is 1. The summed E-state index contributed by atoms with van der Waals surface area (Å²) in [5.74, 6) is -1.84. The number of aryl methyl sites for hydroxylation is 2. The summed E-state index contributed by atoms with van der Waals surface area (Å²) >= 11 is 0. The van der Waals surface area contributed by atoms with E-state index in [0.29, 0.717) is 5.56 Å². The molecule has 0 saturated carbocycles.